The second kappa shape index (κ2) is 12.2. The molecule has 0 spiro atoms. The topological polar surface area (TPSA) is 131 Å². The Bertz CT molecular complexity index is 1770. The summed E-state index contributed by atoms with van der Waals surface area (Å²) < 4.78 is 99.0. The number of amides is 1. The van der Waals surface area contributed by atoms with Gasteiger partial charge in [-0.2, -0.15) is 23.4 Å². The molecule has 0 aliphatic carbocycles. The van der Waals surface area contributed by atoms with Crippen LogP contribution in [0.2, 0.25) is 0 Å². The fraction of sp³-hybridized carbons (Fsp3) is 0.393. The first kappa shape index (κ1) is 34.1. The minimum atomic E-state index is -4.99. The third kappa shape index (κ3) is 6.73. The van der Waals surface area contributed by atoms with Crippen molar-refractivity contribution < 1.29 is 50.1 Å². The van der Waals surface area contributed by atoms with Gasteiger partial charge in [-0.3, -0.25) is 9.69 Å². The molecule has 18 heteroatoms. The first-order valence-corrected chi connectivity index (χ1v) is 13.6. The normalized spacial score (nSPS) is 15.0. The van der Waals surface area contributed by atoms with Crippen LogP contribution < -0.4 is 14.5 Å². The third-order valence-corrected chi connectivity index (χ3v) is 6.68. The molecule has 1 saturated heterocycles. The zero-order valence-electron chi connectivity index (χ0n) is 24.7. The molecule has 0 saturated carbocycles. The van der Waals surface area contributed by atoms with Crippen LogP contribution in [0.25, 0.3) is 10.9 Å². The second-order valence-corrected chi connectivity index (χ2v) is 11.6. The summed E-state index contributed by atoms with van der Waals surface area (Å²) in [5.74, 6) is -3.55. The van der Waals surface area contributed by atoms with Gasteiger partial charge in [-0.1, -0.05) is 0 Å². The number of fused-ring (bicyclic) bond motifs is 1. The van der Waals surface area contributed by atoms with E-state index in [1.165, 1.54) is 26.0 Å². The number of thiocarbonyl (C=S) groups is 1. The number of ether oxygens (including phenoxy) is 3. The molecule has 1 aromatic carbocycles. The van der Waals surface area contributed by atoms with Crippen molar-refractivity contribution in [3.05, 3.63) is 47.3 Å². The Morgan fingerprint density at radius 2 is 1.78 bits per heavy atom. The maximum Gasteiger partial charge on any atom is 0.508 e. The number of nitriles is 1. The van der Waals surface area contributed by atoms with Gasteiger partial charge in [0.25, 0.3) is 12.3 Å². The number of alkyl halides is 5. The number of hydrogen-bond acceptors (Lipinski definition) is 10. The second-order valence-electron chi connectivity index (χ2n) is 11.2. The molecule has 2 aromatic heterocycles. The lowest BCUT2D eigenvalue weighted by molar-refractivity contribution is -0.138. The van der Waals surface area contributed by atoms with E-state index in [1.807, 2.05) is 0 Å². The summed E-state index contributed by atoms with van der Waals surface area (Å²) in [6, 6.07) is 3.93. The Morgan fingerprint density at radius 3 is 2.37 bits per heavy atom. The van der Waals surface area contributed by atoms with Crippen LogP contribution in [-0.2, 0) is 20.4 Å². The Morgan fingerprint density at radius 1 is 1.11 bits per heavy atom. The molecule has 0 bridgehead atoms. The maximum absolute atomic E-state index is 15.5. The van der Waals surface area contributed by atoms with E-state index in [0.29, 0.717) is 6.07 Å². The Balaban J connectivity index is 1.74. The molecule has 244 valence electrons. The largest absolute Gasteiger partial charge is 0.508 e. The summed E-state index contributed by atoms with van der Waals surface area (Å²) in [5, 5.41) is 8.46. The molecule has 0 N–H and O–H groups in total. The van der Waals surface area contributed by atoms with Crippen molar-refractivity contribution in [3.63, 3.8) is 0 Å². The molecule has 0 atom stereocenters. The SMILES string of the molecule is CC(C)(C)OC(=O)OCCOc1nc(C(F)F)nc2c(F)cc(N3C(=S)N(c4cnc(C#N)c(C(F)(F)F)c4)C(=O)C3(C)C)cc12. The molecule has 3 aromatic rings. The molecule has 11 nitrogen and oxygen atoms in total. The first-order chi connectivity index (χ1) is 21.3. The number of pyridine rings is 1. The number of hydrogen-bond donors (Lipinski definition) is 0. The zero-order valence-corrected chi connectivity index (χ0v) is 25.5. The van der Waals surface area contributed by atoms with Crippen LogP contribution in [0.15, 0.2) is 24.4 Å². The summed E-state index contributed by atoms with van der Waals surface area (Å²) in [4.78, 5) is 38.0. The van der Waals surface area contributed by atoms with Crippen LogP contribution in [-0.4, -0.2) is 56.5 Å². The molecule has 1 aliphatic heterocycles. The molecule has 3 heterocycles. The number of carbonyl (C=O) groups excluding carboxylic acids is 2. The summed E-state index contributed by atoms with van der Waals surface area (Å²) in [5.41, 5.74) is -5.91. The van der Waals surface area contributed by atoms with E-state index in [-0.39, 0.29) is 16.2 Å². The van der Waals surface area contributed by atoms with Gasteiger partial charge in [0, 0.05) is 5.69 Å². The molecule has 1 fully saturated rings. The smallest absolute Gasteiger partial charge is 0.474 e. The van der Waals surface area contributed by atoms with E-state index >= 15 is 4.39 Å². The van der Waals surface area contributed by atoms with Crippen molar-refractivity contribution >= 4 is 51.7 Å². The van der Waals surface area contributed by atoms with E-state index in [9.17, 15) is 31.5 Å². The van der Waals surface area contributed by atoms with E-state index in [2.05, 4.69) is 15.0 Å². The van der Waals surface area contributed by atoms with E-state index < -0.39 is 89.0 Å². The predicted octanol–water partition coefficient (Wildman–Crippen LogP) is 6.24. The number of nitrogens with zero attached hydrogens (tertiary/aromatic N) is 6. The number of anilines is 2. The van der Waals surface area contributed by atoms with E-state index in [1.54, 1.807) is 20.8 Å². The minimum absolute atomic E-state index is 0.128. The number of carbonyl (C=O) groups is 2. The monoisotopic (exact) mass is 670 g/mol. The van der Waals surface area contributed by atoms with Crippen molar-refractivity contribution in [3.8, 4) is 11.9 Å². The van der Waals surface area contributed by atoms with Crippen molar-refractivity contribution in [2.75, 3.05) is 23.0 Å². The van der Waals surface area contributed by atoms with Gasteiger partial charge in [-0.05, 0) is 65.0 Å². The minimum Gasteiger partial charge on any atom is -0.474 e. The highest BCUT2D eigenvalue weighted by molar-refractivity contribution is 7.81. The maximum atomic E-state index is 15.5. The standard InChI is InChI=1S/C28H24F6N6O5S/c1-26(2,3)45-25(42)44-7-6-43-22-15-8-13(10-17(29)19(15)37-21(38-22)20(30)31)40-24(46)39(23(41)27(40,4)5)14-9-16(28(32,33)34)18(11-35)36-12-14/h8-10,12,20H,6-7H2,1-5H3. The lowest BCUT2D eigenvalue weighted by Gasteiger charge is -2.29. The lowest BCUT2D eigenvalue weighted by Crippen LogP contribution is -2.44. The Kier molecular flexibility index (Phi) is 9.03. The summed E-state index contributed by atoms with van der Waals surface area (Å²) in [6.07, 6.45) is -8.36. The highest BCUT2D eigenvalue weighted by atomic mass is 32.1. The molecule has 1 amide bonds. The van der Waals surface area contributed by atoms with Crippen molar-refractivity contribution in [2.24, 2.45) is 0 Å². The number of rotatable bonds is 7. The average Bonchev–Trinajstić information content (AvgIpc) is 3.11. The van der Waals surface area contributed by atoms with Gasteiger partial charge in [-0.15, -0.1) is 0 Å². The quantitative estimate of drug-likeness (QED) is 0.123. The number of benzene rings is 1. The highest BCUT2D eigenvalue weighted by Gasteiger charge is 2.51. The molecule has 46 heavy (non-hydrogen) atoms. The summed E-state index contributed by atoms with van der Waals surface area (Å²) in [7, 11) is 0. The summed E-state index contributed by atoms with van der Waals surface area (Å²) >= 11 is 5.46. The van der Waals surface area contributed by atoms with Gasteiger partial charge in [0.2, 0.25) is 5.88 Å². The average molecular weight is 671 g/mol. The van der Waals surface area contributed by atoms with Gasteiger partial charge in [0.15, 0.2) is 22.4 Å². The zero-order chi connectivity index (χ0) is 34.4. The summed E-state index contributed by atoms with van der Waals surface area (Å²) in [6.45, 7) is 6.73. The van der Waals surface area contributed by atoms with Crippen molar-refractivity contribution in [2.45, 2.75) is 58.4 Å². The van der Waals surface area contributed by atoms with Crippen LogP contribution in [0.5, 0.6) is 5.88 Å². The lowest BCUT2D eigenvalue weighted by atomic mass is 10.0. The molecular formula is C28H24F6N6O5S. The highest BCUT2D eigenvalue weighted by Crippen LogP contribution is 2.41. The first-order valence-electron chi connectivity index (χ1n) is 13.2. The van der Waals surface area contributed by atoms with Crippen LogP contribution in [0.1, 0.15) is 58.1 Å². The molecule has 0 unspecified atom stereocenters. The van der Waals surface area contributed by atoms with Crippen LogP contribution in [0, 0.1) is 17.1 Å². The molecule has 0 radical (unpaired) electrons. The molecule has 4 rings (SSSR count). The van der Waals surface area contributed by atoms with Gasteiger partial charge in [-0.25, -0.2) is 27.9 Å². The van der Waals surface area contributed by atoms with Crippen LogP contribution >= 0.6 is 12.2 Å². The third-order valence-electron chi connectivity index (χ3n) is 6.32. The fourth-order valence-corrected chi connectivity index (χ4v) is 4.90. The molecule has 1 aliphatic rings. The van der Waals surface area contributed by atoms with Crippen molar-refractivity contribution in [1.82, 2.24) is 15.0 Å². The predicted molar refractivity (Wildman–Crippen MR) is 153 cm³/mol. The van der Waals surface area contributed by atoms with Gasteiger partial charge in [0.05, 0.1) is 22.8 Å². The molecular weight excluding hydrogens is 646 g/mol. The fourth-order valence-electron chi connectivity index (χ4n) is 4.38. The van der Waals surface area contributed by atoms with Crippen molar-refractivity contribution in [1.29, 1.82) is 5.26 Å². The van der Waals surface area contributed by atoms with E-state index in [4.69, 9.17) is 31.7 Å². The number of aromatic nitrogens is 3. The number of halogens is 6. The van der Waals surface area contributed by atoms with Crippen LogP contribution in [0.3, 0.4) is 0 Å². The van der Waals surface area contributed by atoms with Crippen LogP contribution in [0.4, 0.5) is 42.5 Å². The Hall–Kier alpha value is -4.79. The van der Waals surface area contributed by atoms with Gasteiger partial charge < -0.3 is 19.1 Å². The van der Waals surface area contributed by atoms with E-state index in [0.717, 1.165) is 22.1 Å². The van der Waals surface area contributed by atoms with Gasteiger partial charge in [0.1, 0.15) is 35.9 Å². The van der Waals surface area contributed by atoms with Gasteiger partial charge >= 0.3 is 12.3 Å². The Labute approximate surface area is 262 Å².